The maximum Gasteiger partial charge on any atom is 0.243 e. The van der Waals surface area contributed by atoms with Gasteiger partial charge in [-0.05, 0) is 31.7 Å². The number of hydrogen-bond acceptors (Lipinski definition) is 7. The Labute approximate surface area is 166 Å². The zero-order valence-electron chi connectivity index (χ0n) is 16.2. The standard InChI is InChI=1S/C19H22FN9/c1-21-18-17-12(14-3-4-16-22-7-10-28(16)25-14)5-9-29(17)26-19(24-18)23-15-6-8-27(2)11-13(15)20/h3-5,7,9-10,13,15H,6,8,11H2,1-2H3,(H2,21,23,24,26)/t13-,15+/m0/s1. The van der Waals surface area contributed by atoms with Crippen LogP contribution < -0.4 is 10.6 Å². The molecule has 0 spiro atoms. The van der Waals surface area contributed by atoms with Gasteiger partial charge in [-0.2, -0.15) is 10.1 Å². The molecule has 1 fully saturated rings. The molecule has 0 aromatic carbocycles. The van der Waals surface area contributed by atoms with Gasteiger partial charge in [-0.15, -0.1) is 5.10 Å². The molecule has 1 saturated heterocycles. The van der Waals surface area contributed by atoms with E-state index in [1.807, 2.05) is 49.6 Å². The van der Waals surface area contributed by atoms with E-state index in [1.165, 1.54) is 0 Å². The number of nitrogens with one attached hydrogen (secondary N) is 2. The van der Waals surface area contributed by atoms with Crippen molar-refractivity contribution in [1.29, 1.82) is 0 Å². The van der Waals surface area contributed by atoms with Gasteiger partial charge in [0, 0.05) is 44.3 Å². The van der Waals surface area contributed by atoms with E-state index in [4.69, 9.17) is 0 Å². The third kappa shape index (κ3) is 3.15. The minimum absolute atomic E-state index is 0.297. The van der Waals surface area contributed by atoms with Crippen LogP contribution >= 0.6 is 0 Å². The Kier molecular flexibility index (Phi) is 4.27. The van der Waals surface area contributed by atoms with Crippen LogP contribution in [0.4, 0.5) is 16.2 Å². The number of nitrogens with zero attached hydrogens (tertiary/aromatic N) is 7. The van der Waals surface area contributed by atoms with Gasteiger partial charge in [0.15, 0.2) is 11.5 Å². The van der Waals surface area contributed by atoms with Crippen molar-refractivity contribution in [3.8, 4) is 11.3 Å². The first kappa shape index (κ1) is 17.8. The Morgan fingerprint density at radius 3 is 2.86 bits per heavy atom. The average Bonchev–Trinajstić information content (AvgIpc) is 3.35. The number of likely N-dealkylation sites (tertiary alicyclic amines) is 1. The van der Waals surface area contributed by atoms with Gasteiger partial charge in [-0.3, -0.25) is 0 Å². The summed E-state index contributed by atoms with van der Waals surface area (Å²) in [6.45, 7) is 1.25. The van der Waals surface area contributed by atoms with Gasteiger partial charge in [-0.1, -0.05) is 0 Å². The number of rotatable bonds is 4. The fourth-order valence-electron chi connectivity index (χ4n) is 3.81. The number of imidazole rings is 1. The van der Waals surface area contributed by atoms with Crippen LogP contribution in [0, 0.1) is 0 Å². The van der Waals surface area contributed by atoms with Gasteiger partial charge in [0.05, 0.1) is 11.7 Å². The molecule has 1 aliphatic rings. The van der Waals surface area contributed by atoms with Crippen molar-refractivity contribution in [2.24, 2.45) is 0 Å². The summed E-state index contributed by atoms with van der Waals surface area (Å²) in [7, 11) is 3.74. The fourth-order valence-corrected chi connectivity index (χ4v) is 3.81. The monoisotopic (exact) mass is 395 g/mol. The van der Waals surface area contributed by atoms with Crippen LogP contribution in [0.2, 0.25) is 0 Å². The fraction of sp³-hybridized carbons (Fsp3) is 0.368. The summed E-state index contributed by atoms with van der Waals surface area (Å²) in [5.41, 5.74) is 3.29. The SMILES string of the molecule is CNc1nc(N[C@@H]2CCN(C)C[C@@H]2F)nn2ccc(-c3ccc4nccn4n3)c12. The first-order valence-corrected chi connectivity index (χ1v) is 9.59. The molecule has 0 saturated carbocycles. The molecule has 5 rings (SSSR count). The quantitative estimate of drug-likeness (QED) is 0.546. The zero-order valence-corrected chi connectivity index (χ0v) is 16.2. The number of piperidine rings is 1. The van der Waals surface area contributed by atoms with Crippen molar-refractivity contribution >= 4 is 22.9 Å². The highest BCUT2D eigenvalue weighted by Gasteiger charge is 2.28. The lowest BCUT2D eigenvalue weighted by Crippen LogP contribution is -2.46. The smallest absolute Gasteiger partial charge is 0.243 e. The van der Waals surface area contributed by atoms with E-state index in [-0.39, 0.29) is 6.04 Å². The number of halogens is 1. The molecule has 10 heteroatoms. The summed E-state index contributed by atoms with van der Waals surface area (Å²) in [4.78, 5) is 10.8. The molecule has 0 unspecified atom stereocenters. The molecule has 5 heterocycles. The predicted octanol–water partition coefficient (Wildman–Crippen LogP) is 1.93. The molecule has 0 amide bonds. The van der Waals surface area contributed by atoms with Gasteiger partial charge in [0.2, 0.25) is 5.95 Å². The number of aromatic nitrogens is 6. The van der Waals surface area contributed by atoms with E-state index < -0.39 is 6.17 Å². The maximum absolute atomic E-state index is 14.4. The number of anilines is 2. The van der Waals surface area contributed by atoms with Crippen LogP contribution in [0.25, 0.3) is 22.4 Å². The topological polar surface area (TPSA) is 87.7 Å². The van der Waals surface area contributed by atoms with Crippen LogP contribution in [0.1, 0.15) is 6.42 Å². The summed E-state index contributed by atoms with van der Waals surface area (Å²) in [5.74, 6) is 1.05. The van der Waals surface area contributed by atoms with E-state index >= 15 is 0 Å². The Morgan fingerprint density at radius 1 is 1.14 bits per heavy atom. The van der Waals surface area contributed by atoms with Crippen LogP contribution in [0.5, 0.6) is 0 Å². The maximum atomic E-state index is 14.4. The molecule has 9 nitrogen and oxygen atoms in total. The van der Waals surface area contributed by atoms with Crippen LogP contribution in [-0.4, -0.2) is 73.5 Å². The molecule has 0 bridgehead atoms. The largest absolute Gasteiger partial charge is 0.371 e. The van der Waals surface area contributed by atoms with Gasteiger partial charge >= 0.3 is 0 Å². The van der Waals surface area contributed by atoms with Crippen LogP contribution in [-0.2, 0) is 0 Å². The molecule has 4 aromatic rings. The second kappa shape index (κ2) is 6.96. The highest BCUT2D eigenvalue weighted by Crippen LogP contribution is 2.29. The molecular formula is C19H22FN9. The average molecular weight is 395 g/mol. The summed E-state index contributed by atoms with van der Waals surface area (Å²) in [6, 6.07) is 5.50. The second-order valence-corrected chi connectivity index (χ2v) is 7.32. The van der Waals surface area contributed by atoms with E-state index in [0.717, 1.165) is 29.0 Å². The van der Waals surface area contributed by atoms with Crippen molar-refractivity contribution in [3.05, 3.63) is 36.8 Å². The minimum atomic E-state index is -0.961. The highest BCUT2D eigenvalue weighted by molar-refractivity contribution is 5.87. The van der Waals surface area contributed by atoms with Crippen molar-refractivity contribution in [1.82, 2.24) is 34.1 Å². The molecule has 150 valence electrons. The summed E-state index contributed by atoms with van der Waals surface area (Å²) in [6.07, 6.45) is 5.13. The van der Waals surface area contributed by atoms with E-state index in [9.17, 15) is 4.39 Å². The normalized spacial score (nSPS) is 20.4. The highest BCUT2D eigenvalue weighted by atomic mass is 19.1. The Bertz CT molecular complexity index is 1170. The molecule has 29 heavy (non-hydrogen) atoms. The first-order chi connectivity index (χ1) is 14.1. The lowest BCUT2D eigenvalue weighted by atomic mass is 10.0. The lowest BCUT2D eigenvalue weighted by Gasteiger charge is -2.32. The van der Waals surface area contributed by atoms with Crippen LogP contribution in [0.15, 0.2) is 36.8 Å². The molecule has 0 aliphatic carbocycles. The summed E-state index contributed by atoms with van der Waals surface area (Å²) < 4.78 is 17.9. The lowest BCUT2D eigenvalue weighted by molar-refractivity contribution is 0.149. The summed E-state index contributed by atoms with van der Waals surface area (Å²) >= 11 is 0. The Balaban J connectivity index is 1.52. The van der Waals surface area contributed by atoms with E-state index in [2.05, 4.69) is 30.8 Å². The molecule has 1 aliphatic heterocycles. The zero-order chi connectivity index (χ0) is 20.0. The van der Waals surface area contributed by atoms with Gasteiger partial charge in [0.25, 0.3) is 0 Å². The predicted molar refractivity (Wildman–Crippen MR) is 109 cm³/mol. The van der Waals surface area contributed by atoms with Gasteiger partial charge in [-0.25, -0.2) is 18.4 Å². The van der Waals surface area contributed by atoms with E-state index in [0.29, 0.717) is 24.7 Å². The minimum Gasteiger partial charge on any atom is -0.371 e. The molecular weight excluding hydrogens is 373 g/mol. The van der Waals surface area contributed by atoms with Gasteiger partial charge < -0.3 is 15.5 Å². The molecule has 4 aromatic heterocycles. The number of alkyl halides is 1. The first-order valence-electron chi connectivity index (χ1n) is 9.59. The Morgan fingerprint density at radius 2 is 2.03 bits per heavy atom. The molecule has 0 radical (unpaired) electrons. The van der Waals surface area contributed by atoms with Crippen LogP contribution in [0.3, 0.4) is 0 Å². The molecule has 2 N–H and O–H groups in total. The molecule has 2 atom stereocenters. The van der Waals surface area contributed by atoms with Crippen molar-refractivity contribution in [3.63, 3.8) is 0 Å². The van der Waals surface area contributed by atoms with E-state index in [1.54, 1.807) is 15.2 Å². The second-order valence-electron chi connectivity index (χ2n) is 7.32. The van der Waals surface area contributed by atoms with Gasteiger partial charge in [0.1, 0.15) is 11.7 Å². The van der Waals surface area contributed by atoms with Crippen molar-refractivity contribution in [2.45, 2.75) is 18.6 Å². The van der Waals surface area contributed by atoms with Crippen molar-refractivity contribution in [2.75, 3.05) is 37.8 Å². The number of hydrogen-bond donors (Lipinski definition) is 2. The third-order valence-corrected chi connectivity index (χ3v) is 5.34. The van der Waals surface area contributed by atoms with Crippen molar-refractivity contribution < 1.29 is 4.39 Å². The third-order valence-electron chi connectivity index (χ3n) is 5.34. The Hall–Kier alpha value is -3.27. The number of fused-ring (bicyclic) bond motifs is 2. The summed E-state index contributed by atoms with van der Waals surface area (Å²) in [5, 5.41) is 15.5.